The maximum atomic E-state index is 6.27. The molecule has 0 heterocycles. The van der Waals surface area contributed by atoms with Crippen molar-refractivity contribution < 1.29 is 4.74 Å². The van der Waals surface area contributed by atoms with Crippen LogP contribution >= 0.6 is 43.5 Å². The van der Waals surface area contributed by atoms with Gasteiger partial charge in [0.1, 0.15) is 5.75 Å². The molecule has 2 rings (SSSR count). The van der Waals surface area contributed by atoms with Crippen LogP contribution < -0.4 is 10.1 Å². The van der Waals surface area contributed by atoms with Crippen LogP contribution in [0.4, 0.5) is 5.69 Å². The molecule has 2 aromatic carbocycles. The van der Waals surface area contributed by atoms with Gasteiger partial charge in [0.15, 0.2) is 0 Å². The Hall–Kier alpha value is -0.710. The summed E-state index contributed by atoms with van der Waals surface area (Å²) in [6.45, 7) is 2.07. The summed E-state index contributed by atoms with van der Waals surface area (Å²) in [7, 11) is 1.65. The average Bonchev–Trinajstić information content (AvgIpc) is 2.40. The fraction of sp³-hybridized carbons (Fsp3) is 0.200. The third-order valence-electron chi connectivity index (χ3n) is 2.96. The lowest BCUT2D eigenvalue weighted by Crippen LogP contribution is -2.07. The molecule has 0 aliphatic carbocycles. The number of ether oxygens (including phenoxy) is 1. The van der Waals surface area contributed by atoms with E-state index in [-0.39, 0.29) is 6.04 Å². The molecule has 0 aliphatic rings. The van der Waals surface area contributed by atoms with Gasteiger partial charge in [-0.05, 0) is 52.7 Å². The van der Waals surface area contributed by atoms with E-state index in [9.17, 15) is 0 Å². The van der Waals surface area contributed by atoms with Gasteiger partial charge in [0, 0.05) is 27.3 Å². The van der Waals surface area contributed by atoms with Gasteiger partial charge in [-0.25, -0.2) is 0 Å². The second-order valence-corrected chi connectivity index (χ2v) is 6.56. The number of halogens is 3. The Kier molecular flexibility index (Phi) is 5.35. The minimum atomic E-state index is 0.0986. The largest absolute Gasteiger partial charge is 0.495 e. The van der Waals surface area contributed by atoms with Crippen molar-refractivity contribution in [3.05, 3.63) is 55.9 Å². The summed E-state index contributed by atoms with van der Waals surface area (Å²) < 4.78 is 7.20. The van der Waals surface area contributed by atoms with Gasteiger partial charge >= 0.3 is 0 Å². The molecule has 2 aromatic rings. The van der Waals surface area contributed by atoms with Crippen LogP contribution in [-0.2, 0) is 0 Å². The van der Waals surface area contributed by atoms with Crippen LogP contribution in [0.2, 0.25) is 5.02 Å². The molecule has 0 aliphatic heterocycles. The van der Waals surface area contributed by atoms with E-state index in [0.29, 0.717) is 0 Å². The van der Waals surface area contributed by atoms with Gasteiger partial charge in [0.05, 0.1) is 11.6 Å². The zero-order chi connectivity index (χ0) is 14.7. The lowest BCUT2D eigenvalue weighted by Gasteiger charge is -2.18. The van der Waals surface area contributed by atoms with Gasteiger partial charge in [-0.1, -0.05) is 33.6 Å². The molecule has 0 radical (unpaired) electrons. The first-order valence-electron chi connectivity index (χ1n) is 6.06. The van der Waals surface area contributed by atoms with Crippen LogP contribution in [0.25, 0.3) is 0 Å². The third-order valence-corrected chi connectivity index (χ3v) is 4.44. The number of nitrogens with one attached hydrogen (secondary N) is 1. The van der Waals surface area contributed by atoms with E-state index >= 15 is 0 Å². The number of rotatable bonds is 4. The fourth-order valence-corrected chi connectivity index (χ4v) is 3.18. The molecule has 0 aromatic heterocycles. The zero-order valence-electron chi connectivity index (χ0n) is 11.1. The predicted octanol–water partition coefficient (Wildman–Crippen LogP) is 6.05. The summed E-state index contributed by atoms with van der Waals surface area (Å²) in [5.74, 6) is 0.795. The Balaban J connectivity index is 2.21. The van der Waals surface area contributed by atoms with Gasteiger partial charge in [-0.3, -0.25) is 0 Å². The van der Waals surface area contributed by atoms with E-state index in [1.54, 1.807) is 7.11 Å². The van der Waals surface area contributed by atoms with E-state index in [4.69, 9.17) is 16.3 Å². The molecule has 1 unspecified atom stereocenters. The van der Waals surface area contributed by atoms with Crippen molar-refractivity contribution >= 4 is 49.1 Å². The monoisotopic (exact) mass is 417 g/mol. The summed E-state index contributed by atoms with van der Waals surface area (Å²) in [5, 5.41) is 4.16. The highest BCUT2D eigenvalue weighted by Crippen LogP contribution is 2.32. The van der Waals surface area contributed by atoms with Crippen LogP contribution in [-0.4, -0.2) is 7.11 Å². The summed E-state index contributed by atoms with van der Waals surface area (Å²) in [6.07, 6.45) is 0. The van der Waals surface area contributed by atoms with E-state index in [2.05, 4.69) is 44.1 Å². The number of hydrogen-bond acceptors (Lipinski definition) is 2. The Morgan fingerprint density at radius 1 is 1.15 bits per heavy atom. The number of hydrogen-bond donors (Lipinski definition) is 1. The Morgan fingerprint density at radius 3 is 2.55 bits per heavy atom. The molecule has 0 saturated carbocycles. The molecule has 106 valence electrons. The van der Waals surface area contributed by atoms with Crippen LogP contribution in [0.1, 0.15) is 18.5 Å². The van der Waals surface area contributed by atoms with Crippen LogP contribution in [0.5, 0.6) is 5.75 Å². The molecule has 20 heavy (non-hydrogen) atoms. The standard InChI is InChI=1S/C15H14Br2ClNO/c1-9(12-5-3-10(16)7-14(12)18)19-11-4-6-13(17)15(8-11)20-2/h3-9,19H,1-2H3. The normalized spacial score (nSPS) is 12.1. The summed E-state index contributed by atoms with van der Waals surface area (Å²) in [6, 6.07) is 11.9. The van der Waals surface area contributed by atoms with Crippen molar-refractivity contribution in [2.75, 3.05) is 12.4 Å². The lowest BCUT2D eigenvalue weighted by atomic mass is 10.1. The first-order valence-corrected chi connectivity index (χ1v) is 8.02. The number of anilines is 1. The SMILES string of the molecule is COc1cc(NC(C)c2ccc(Br)cc2Cl)ccc1Br. The van der Waals surface area contributed by atoms with Gasteiger partial charge in [-0.15, -0.1) is 0 Å². The van der Waals surface area contributed by atoms with Crippen molar-refractivity contribution in [2.24, 2.45) is 0 Å². The van der Waals surface area contributed by atoms with Crippen molar-refractivity contribution in [3.8, 4) is 5.75 Å². The molecular formula is C15H14Br2ClNO. The summed E-state index contributed by atoms with van der Waals surface area (Å²) >= 11 is 13.1. The second-order valence-electron chi connectivity index (χ2n) is 4.38. The van der Waals surface area contributed by atoms with Gasteiger partial charge in [0.2, 0.25) is 0 Å². The van der Waals surface area contributed by atoms with Gasteiger partial charge in [0.25, 0.3) is 0 Å². The third kappa shape index (κ3) is 3.68. The predicted molar refractivity (Wildman–Crippen MR) is 91.9 cm³/mol. The quantitative estimate of drug-likeness (QED) is 0.652. The fourth-order valence-electron chi connectivity index (χ4n) is 1.93. The molecule has 0 amide bonds. The van der Waals surface area contributed by atoms with Crippen molar-refractivity contribution in [3.63, 3.8) is 0 Å². The molecule has 1 N–H and O–H groups in total. The first-order chi connectivity index (χ1) is 9.51. The zero-order valence-corrected chi connectivity index (χ0v) is 15.0. The first kappa shape index (κ1) is 15.7. The number of benzene rings is 2. The molecule has 0 fully saturated rings. The topological polar surface area (TPSA) is 21.3 Å². The molecular weight excluding hydrogens is 405 g/mol. The second kappa shape index (κ2) is 6.83. The van der Waals surface area contributed by atoms with Gasteiger partial charge < -0.3 is 10.1 Å². The van der Waals surface area contributed by atoms with Gasteiger partial charge in [-0.2, -0.15) is 0 Å². The van der Waals surface area contributed by atoms with Crippen molar-refractivity contribution in [1.82, 2.24) is 0 Å². The minimum absolute atomic E-state index is 0.0986. The van der Waals surface area contributed by atoms with Crippen LogP contribution in [0, 0.1) is 0 Å². The maximum Gasteiger partial charge on any atom is 0.135 e. The van der Waals surface area contributed by atoms with Crippen LogP contribution in [0.15, 0.2) is 45.3 Å². The van der Waals surface area contributed by atoms with E-state index in [1.807, 2.05) is 36.4 Å². The Bertz CT molecular complexity index is 619. The molecule has 0 saturated heterocycles. The summed E-state index contributed by atoms with van der Waals surface area (Å²) in [5.41, 5.74) is 2.04. The van der Waals surface area contributed by atoms with Crippen LogP contribution in [0.3, 0.4) is 0 Å². The van der Waals surface area contributed by atoms with Crippen molar-refractivity contribution in [2.45, 2.75) is 13.0 Å². The highest BCUT2D eigenvalue weighted by Gasteiger charge is 2.11. The van der Waals surface area contributed by atoms with Crippen molar-refractivity contribution in [1.29, 1.82) is 0 Å². The Labute approximate surface area is 140 Å². The average molecular weight is 420 g/mol. The lowest BCUT2D eigenvalue weighted by molar-refractivity contribution is 0.412. The smallest absolute Gasteiger partial charge is 0.135 e. The molecule has 0 bridgehead atoms. The maximum absolute atomic E-state index is 6.27. The molecule has 1 atom stereocenters. The minimum Gasteiger partial charge on any atom is -0.495 e. The van der Waals surface area contributed by atoms with E-state index in [1.165, 1.54) is 0 Å². The van der Waals surface area contributed by atoms with E-state index < -0.39 is 0 Å². The number of methoxy groups -OCH3 is 1. The van der Waals surface area contributed by atoms with E-state index in [0.717, 1.165) is 31.0 Å². The highest BCUT2D eigenvalue weighted by atomic mass is 79.9. The molecule has 2 nitrogen and oxygen atoms in total. The Morgan fingerprint density at radius 2 is 1.90 bits per heavy atom. The molecule has 5 heteroatoms. The highest BCUT2D eigenvalue weighted by molar-refractivity contribution is 9.10. The summed E-state index contributed by atoms with van der Waals surface area (Å²) in [4.78, 5) is 0. The molecule has 0 spiro atoms.